The van der Waals surface area contributed by atoms with Gasteiger partial charge in [0.1, 0.15) is 0 Å². The molecule has 1 saturated carbocycles. The van der Waals surface area contributed by atoms with Gasteiger partial charge in [0.2, 0.25) is 5.76 Å². The van der Waals surface area contributed by atoms with Crippen molar-refractivity contribution in [2.75, 3.05) is 13.6 Å². The first-order chi connectivity index (χ1) is 11.4. The summed E-state index contributed by atoms with van der Waals surface area (Å²) >= 11 is 0. The molecular formula is C19H29N3O2. The van der Waals surface area contributed by atoms with Gasteiger partial charge in [-0.05, 0) is 32.2 Å². The molecule has 3 aliphatic rings. The SMILES string of the molecule is CC(C)c1cc(C(=O)N2[C@@H]3CN(C)[C@@H]4CCCC[C@H]2[C@]4(C)C3)on1. The zero-order chi connectivity index (χ0) is 17.1. The summed E-state index contributed by atoms with van der Waals surface area (Å²) in [6, 6.07) is 3.08. The number of likely N-dealkylation sites (tertiary alicyclic amines) is 2. The molecule has 4 atom stereocenters. The van der Waals surface area contributed by atoms with E-state index in [4.69, 9.17) is 4.52 Å². The third-order valence-corrected chi connectivity index (χ3v) is 6.73. The van der Waals surface area contributed by atoms with Gasteiger partial charge in [-0.2, -0.15) is 0 Å². The fraction of sp³-hybridized carbons (Fsp3) is 0.789. The van der Waals surface area contributed by atoms with Crippen LogP contribution in [0.15, 0.2) is 10.6 Å². The number of aromatic nitrogens is 1. The zero-order valence-corrected chi connectivity index (χ0v) is 15.3. The van der Waals surface area contributed by atoms with Crippen molar-refractivity contribution in [2.24, 2.45) is 5.41 Å². The Bertz CT molecular complexity index is 640. The maximum Gasteiger partial charge on any atom is 0.293 e. The van der Waals surface area contributed by atoms with Gasteiger partial charge in [0.15, 0.2) is 0 Å². The molecule has 0 N–H and O–H groups in total. The molecule has 1 aromatic rings. The highest BCUT2D eigenvalue weighted by molar-refractivity contribution is 5.92. The number of rotatable bonds is 2. The molecule has 132 valence electrons. The number of likely N-dealkylation sites (N-methyl/N-ethyl adjacent to an activating group) is 1. The summed E-state index contributed by atoms with van der Waals surface area (Å²) in [5.74, 6) is 0.737. The van der Waals surface area contributed by atoms with E-state index in [1.54, 1.807) is 0 Å². The summed E-state index contributed by atoms with van der Waals surface area (Å²) in [6.45, 7) is 7.53. The second-order valence-corrected chi connectivity index (χ2v) is 8.60. The van der Waals surface area contributed by atoms with Crippen molar-refractivity contribution in [3.63, 3.8) is 0 Å². The topological polar surface area (TPSA) is 49.6 Å². The van der Waals surface area contributed by atoms with Crippen LogP contribution in [-0.2, 0) is 0 Å². The second-order valence-electron chi connectivity index (χ2n) is 8.60. The minimum absolute atomic E-state index is 0.0454. The van der Waals surface area contributed by atoms with Crippen molar-refractivity contribution in [3.8, 4) is 0 Å². The standard InChI is InChI=1S/C19H29N3O2/c1-12(2)14-9-15(24-20-14)18(23)22-13-10-19(3)16(21(4)11-13)7-5-6-8-17(19)22/h9,12-13,16-17H,5-8,10-11H2,1-4H3/t13-,16+,17-,19+/m0/s1. The van der Waals surface area contributed by atoms with E-state index in [1.807, 2.05) is 6.07 Å². The molecule has 3 heterocycles. The van der Waals surface area contributed by atoms with Crippen molar-refractivity contribution >= 4 is 5.91 Å². The smallest absolute Gasteiger partial charge is 0.293 e. The number of fused-ring (bicyclic) bond motifs is 1. The Morgan fingerprint density at radius 1 is 1.33 bits per heavy atom. The van der Waals surface area contributed by atoms with Crippen molar-refractivity contribution in [3.05, 3.63) is 17.5 Å². The summed E-state index contributed by atoms with van der Waals surface area (Å²) in [7, 11) is 2.23. The normalized spacial score (nSPS) is 36.2. The van der Waals surface area contributed by atoms with E-state index >= 15 is 0 Å². The molecule has 1 aliphatic carbocycles. The van der Waals surface area contributed by atoms with Crippen molar-refractivity contribution in [1.82, 2.24) is 15.0 Å². The Balaban J connectivity index is 1.68. The third-order valence-electron chi connectivity index (χ3n) is 6.73. The van der Waals surface area contributed by atoms with Crippen LogP contribution in [0.25, 0.3) is 0 Å². The average Bonchev–Trinajstić information content (AvgIpc) is 3.05. The minimum atomic E-state index is 0.0454. The van der Waals surface area contributed by atoms with Gasteiger partial charge in [-0.25, -0.2) is 0 Å². The Kier molecular flexibility index (Phi) is 3.75. The van der Waals surface area contributed by atoms with E-state index in [9.17, 15) is 4.79 Å². The Hall–Kier alpha value is -1.36. The van der Waals surface area contributed by atoms with Gasteiger partial charge in [0, 0.05) is 36.2 Å². The molecule has 1 amide bonds. The molecule has 5 heteroatoms. The lowest BCUT2D eigenvalue weighted by Gasteiger charge is -2.44. The lowest BCUT2D eigenvalue weighted by atomic mass is 9.71. The van der Waals surface area contributed by atoms with Gasteiger partial charge in [-0.3, -0.25) is 4.79 Å². The van der Waals surface area contributed by atoms with Gasteiger partial charge in [-0.15, -0.1) is 0 Å². The van der Waals surface area contributed by atoms with Gasteiger partial charge in [-0.1, -0.05) is 38.8 Å². The first kappa shape index (κ1) is 16.1. The van der Waals surface area contributed by atoms with Crippen LogP contribution in [0.3, 0.4) is 0 Å². The summed E-state index contributed by atoms with van der Waals surface area (Å²) < 4.78 is 5.42. The first-order valence-corrected chi connectivity index (χ1v) is 9.41. The van der Waals surface area contributed by atoms with Crippen molar-refractivity contribution in [2.45, 2.75) is 76.9 Å². The van der Waals surface area contributed by atoms with Crippen LogP contribution in [0, 0.1) is 5.41 Å². The molecule has 3 fully saturated rings. The van der Waals surface area contributed by atoms with Gasteiger partial charge < -0.3 is 14.3 Å². The van der Waals surface area contributed by atoms with Gasteiger partial charge in [0.05, 0.1) is 5.69 Å². The summed E-state index contributed by atoms with van der Waals surface area (Å²) in [6.07, 6.45) is 6.00. The fourth-order valence-electron chi connectivity index (χ4n) is 5.58. The van der Waals surface area contributed by atoms with Crippen LogP contribution in [0.2, 0.25) is 0 Å². The fourth-order valence-corrected chi connectivity index (χ4v) is 5.58. The monoisotopic (exact) mass is 331 g/mol. The van der Waals surface area contributed by atoms with Crippen LogP contribution < -0.4 is 0 Å². The van der Waals surface area contributed by atoms with Crippen LogP contribution in [0.5, 0.6) is 0 Å². The predicted molar refractivity (Wildman–Crippen MR) is 91.9 cm³/mol. The van der Waals surface area contributed by atoms with Crippen LogP contribution in [0.1, 0.15) is 75.0 Å². The lowest BCUT2D eigenvalue weighted by molar-refractivity contribution is 0.0565. The maximum absolute atomic E-state index is 13.3. The van der Waals surface area contributed by atoms with Crippen molar-refractivity contribution in [1.29, 1.82) is 0 Å². The molecule has 2 bridgehead atoms. The Labute approximate surface area is 144 Å². The third kappa shape index (κ3) is 2.24. The van der Waals surface area contributed by atoms with E-state index < -0.39 is 0 Å². The quantitative estimate of drug-likeness (QED) is 0.834. The molecule has 0 radical (unpaired) electrons. The molecule has 2 aliphatic heterocycles. The second kappa shape index (κ2) is 5.58. The Morgan fingerprint density at radius 3 is 2.71 bits per heavy atom. The zero-order valence-electron chi connectivity index (χ0n) is 15.3. The number of hydrogen-bond donors (Lipinski definition) is 0. The van der Waals surface area contributed by atoms with E-state index in [0.29, 0.717) is 23.9 Å². The molecular weight excluding hydrogens is 302 g/mol. The highest BCUT2D eigenvalue weighted by atomic mass is 16.5. The molecule has 0 aromatic carbocycles. The van der Waals surface area contributed by atoms with Crippen LogP contribution in [-0.4, -0.2) is 52.6 Å². The van der Waals surface area contributed by atoms with Crippen LogP contribution in [0.4, 0.5) is 0 Å². The number of amides is 1. The number of carbonyl (C=O) groups excluding carboxylic acids is 1. The predicted octanol–water partition coefficient (Wildman–Crippen LogP) is 3.28. The van der Waals surface area contributed by atoms with E-state index in [1.165, 1.54) is 19.3 Å². The average molecular weight is 331 g/mol. The Morgan fingerprint density at radius 2 is 2.04 bits per heavy atom. The molecule has 5 nitrogen and oxygen atoms in total. The number of nitrogens with zero attached hydrogens (tertiary/aromatic N) is 3. The first-order valence-electron chi connectivity index (χ1n) is 9.41. The molecule has 0 unspecified atom stereocenters. The molecule has 24 heavy (non-hydrogen) atoms. The summed E-state index contributed by atoms with van der Waals surface area (Å²) in [5.41, 5.74) is 1.08. The highest BCUT2D eigenvalue weighted by Gasteiger charge is 2.59. The molecule has 1 aromatic heterocycles. The molecule has 4 rings (SSSR count). The van der Waals surface area contributed by atoms with Gasteiger partial charge >= 0.3 is 0 Å². The van der Waals surface area contributed by atoms with E-state index in [0.717, 1.165) is 25.1 Å². The summed E-state index contributed by atoms with van der Waals surface area (Å²) in [4.78, 5) is 17.9. The highest BCUT2D eigenvalue weighted by Crippen LogP contribution is 2.53. The number of piperidine rings is 1. The van der Waals surface area contributed by atoms with Crippen molar-refractivity contribution < 1.29 is 9.32 Å². The minimum Gasteiger partial charge on any atom is -0.351 e. The van der Waals surface area contributed by atoms with Crippen LogP contribution >= 0.6 is 0 Å². The molecule has 0 spiro atoms. The maximum atomic E-state index is 13.3. The largest absolute Gasteiger partial charge is 0.351 e. The van der Waals surface area contributed by atoms with E-state index in [2.05, 4.69) is 42.8 Å². The molecule has 2 saturated heterocycles. The van der Waals surface area contributed by atoms with E-state index in [-0.39, 0.29) is 17.2 Å². The van der Waals surface area contributed by atoms with Gasteiger partial charge in [0.25, 0.3) is 5.91 Å². The summed E-state index contributed by atoms with van der Waals surface area (Å²) in [5, 5.41) is 4.09. The lowest BCUT2D eigenvalue weighted by Crippen LogP contribution is -2.51. The number of carbonyl (C=O) groups is 1. The number of hydrogen-bond acceptors (Lipinski definition) is 4.